The number of likely N-dealkylation sites (tertiary alicyclic amines) is 1. The van der Waals surface area contributed by atoms with Crippen LogP contribution in [0, 0.1) is 5.92 Å². The molecule has 1 amide bonds. The number of halogens is 3. The first kappa shape index (κ1) is 15.6. The zero-order chi connectivity index (χ0) is 14.8. The Morgan fingerprint density at radius 1 is 1.15 bits per heavy atom. The van der Waals surface area contributed by atoms with Crippen molar-refractivity contribution in [3.63, 3.8) is 0 Å². The summed E-state index contributed by atoms with van der Waals surface area (Å²) in [5.74, 6) is -1.33. The molecule has 20 heavy (non-hydrogen) atoms. The first-order chi connectivity index (χ1) is 9.30. The van der Waals surface area contributed by atoms with Crippen LogP contribution in [0.3, 0.4) is 0 Å². The molecule has 0 unspecified atom stereocenters. The van der Waals surface area contributed by atoms with E-state index in [1.165, 1.54) is 0 Å². The summed E-state index contributed by atoms with van der Waals surface area (Å²) >= 11 is 0. The van der Waals surface area contributed by atoms with E-state index in [9.17, 15) is 18.0 Å². The topological polar surface area (TPSA) is 46.3 Å². The number of piperidine rings is 1. The van der Waals surface area contributed by atoms with Crippen molar-refractivity contribution in [2.24, 2.45) is 11.7 Å². The molecule has 0 radical (unpaired) electrons. The van der Waals surface area contributed by atoms with Crippen LogP contribution < -0.4 is 5.73 Å². The lowest BCUT2D eigenvalue weighted by Crippen LogP contribution is -2.49. The zero-order valence-corrected chi connectivity index (χ0v) is 11.7. The van der Waals surface area contributed by atoms with Gasteiger partial charge in [0.05, 0.1) is 5.92 Å². The minimum Gasteiger partial charge on any atom is -0.343 e. The largest absolute Gasteiger partial charge is 0.391 e. The average Bonchev–Trinajstić information content (AvgIpc) is 2.38. The fourth-order valence-electron chi connectivity index (χ4n) is 3.30. The van der Waals surface area contributed by atoms with Crippen LogP contribution in [-0.2, 0) is 4.79 Å². The highest BCUT2D eigenvalue weighted by Crippen LogP contribution is 2.35. The van der Waals surface area contributed by atoms with E-state index in [0.717, 1.165) is 32.1 Å². The number of rotatable bonds is 2. The molecule has 1 heterocycles. The van der Waals surface area contributed by atoms with Crippen LogP contribution in [0.2, 0.25) is 0 Å². The van der Waals surface area contributed by atoms with Gasteiger partial charge in [0.2, 0.25) is 5.91 Å². The summed E-state index contributed by atoms with van der Waals surface area (Å²) in [6.45, 7) is 0.415. The van der Waals surface area contributed by atoms with E-state index in [0.29, 0.717) is 0 Å². The van der Waals surface area contributed by atoms with Crippen molar-refractivity contribution >= 4 is 5.91 Å². The average molecular weight is 292 g/mol. The van der Waals surface area contributed by atoms with Crippen molar-refractivity contribution in [2.45, 2.75) is 63.1 Å². The molecule has 3 nitrogen and oxygen atoms in total. The smallest absolute Gasteiger partial charge is 0.343 e. The van der Waals surface area contributed by atoms with E-state index >= 15 is 0 Å². The second-order valence-electron chi connectivity index (χ2n) is 6.30. The van der Waals surface area contributed by atoms with Crippen molar-refractivity contribution in [3.8, 4) is 0 Å². The highest BCUT2D eigenvalue weighted by atomic mass is 19.4. The molecular formula is C14H23F3N2O. The van der Waals surface area contributed by atoms with Crippen molar-refractivity contribution in [3.05, 3.63) is 0 Å². The fourth-order valence-corrected chi connectivity index (χ4v) is 3.30. The lowest BCUT2D eigenvalue weighted by Gasteiger charge is -2.37. The molecule has 6 heteroatoms. The summed E-state index contributed by atoms with van der Waals surface area (Å²) in [6.07, 6.45) is 1.12. The van der Waals surface area contributed by atoms with Crippen LogP contribution in [0.25, 0.3) is 0 Å². The number of carbonyl (C=O) groups excluding carboxylic acids is 1. The molecule has 0 bridgehead atoms. The maximum absolute atomic E-state index is 12.6. The van der Waals surface area contributed by atoms with E-state index in [1.54, 1.807) is 4.90 Å². The van der Waals surface area contributed by atoms with Crippen LogP contribution in [0.1, 0.15) is 51.4 Å². The van der Waals surface area contributed by atoms with Crippen molar-refractivity contribution in [1.82, 2.24) is 4.90 Å². The lowest BCUT2D eigenvalue weighted by atomic mass is 9.80. The van der Waals surface area contributed by atoms with Gasteiger partial charge in [0.15, 0.2) is 0 Å². The van der Waals surface area contributed by atoms with Gasteiger partial charge >= 0.3 is 6.18 Å². The quantitative estimate of drug-likeness (QED) is 0.850. The van der Waals surface area contributed by atoms with Crippen LogP contribution in [-0.4, -0.2) is 35.6 Å². The molecule has 0 aromatic rings. The first-order valence-electron chi connectivity index (χ1n) is 7.44. The van der Waals surface area contributed by atoms with Crippen LogP contribution in [0.5, 0.6) is 0 Å². The van der Waals surface area contributed by atoms with Crippen LogP contribution >= 0.6 is 0 Å². The maximum atomic E-state index is 12.6. The van der Waals surface area contributed by atoms with Gasteiger partial charge in [-0.15, -0.1) is 0 Å². The Kier molecular flexibility index (Phi) is 4.62. The molecule has 0 aromatic heterocycles. The third kappa shape index (κ3) is 3.87. The number of alkyl halides is 3. The standard InChI is InChI=1S/C14H23F3N2O/c15-14(16,17)11-4-8-19(9-5-11)12(20)10-13(18)6-2-1-3-7-13/h11H,1-10,18H2. The minimum atomic E-state index is -4.13. The second kappa shape index (κ2) is 5.92. The molecular weight excluding hydrogens is 269 g/mol. The van der Waals surface area contributed by atoms with Gasteiger partial charge in [-0.3, -0.25) is 4.79 Å². The van der Waals surface area contributed by atoms with E-state index in [1.807, 2.05) is 0 Å². The molecule has 0 atom stereocenters. The predicted octanol–water partition coefficient (Wildman–Crippen LogP) is 2.84. The molecule has 1 aliphatic heterocycles. The maximum Gasteiger partial charge on any atom is 0.391 e. The lowest BCUT2D eigenvalue weighted by molar-refractivity contribution is -0.186. The van der Waals surface area contributed by atoms with E-state index in [4.69, 9.17) is 5.73 Å². The summed E-state index contributed by atoms with van der Waals surface area (Å²) in [7, 11) is 0. The number of hydrogen-bond acceptors (Lipinski definition) is 2. The van der Waals surface area contributed by atoms with Gasteiger partial charge in [-0.05, 0) is 25.7 Å². The monoisotopic (exact) mass is 292 g/mol. The number of carbonyl (C=O) groups is 1. The van der Waals surface area contributed by atoms with Gasteiger partial charge in [-0.1, -0.05) is 19.3 Å². The number of nitrogens with two attached hydrogens (primary N) is 1. The number of hydrogen-bond donors (Lipinski definition) is 1. The highest BCUT2D eigenvalue weighted by Gasteiger charge is 2.42. The molecule has 2 rings (SSSR count). The predicted molar refractivity (Wildman–Crippen MR) is 70.0 cm³/mol. The minimum absolute atomic E-state index is 0.0206. The summed E-state index contributed by atoms with van der Waals surface area (Å²) in [6, 6.07) is 0. The molecule has 1 aliphatic carbocycles. The molecule has 1 saturated carbocycles. The Morgan fingerprint density at radius 3 is 2.20 bits per heavy atom. The fraction of sp³-hybridized carbons (Fsp3) is 0.929. The molecule has 2 aliphatic rings. The highest BCUT2D eigenvalue weighted by molar-refractivity contribution is 5.77. The third-order valence-electron chi connectivity index (χ3n) is 4.66. The van der Waals surface area contributed by atoms with Gasteiger partial charge in [-0.2, -0.15) is 13.2 Å². The summed E-state index contributed by atoms with van der Waals surface area (Å²) in [4.78, 5) is 13.8. The zero-order valence-electron chi connectivity index (χ0n) is 11.7. The summed E-state index contributed by atoms with van der Waals surface area (Å²) in [5.41, 5.74) is 5.80. The van der Waals surface area contributed by atoms with E-state index in [-0.39, 0.29) is 38.3 Å². The SMILES string of the molecule is NC1(CC(=O)N2CCC(C(F)(F)F)CC2)CCCCC1. The van der Waals surface area contributed by atoms with Gasteiger partial charge < -0.3 is 10.6 Å². The van der Waals surface area contributed by atoms with Gasteiger partial charge in [-0.25, -0.2) is 0 Å². The van der Waals surface area contributed by atoms with Crippen molar-refractivity contribution < 1.29 is 18.0 Å². The Bertz CT molecular complexity index is 343. The molecule has 2 N–H and O–H groups in total. The molecule has 0 aromatic carbocycles. The molecule has 0 spiro atoms. The molecule has 1 saturated heterocycles. The van der Waals surface area contributed by atoms with Crippen molar-refractivity contribution in [2.75, 3.05) is 13.1 Å². The van der Waals surface area contributed by atoms with E-state index < -0.39 is 17.6 Å². The van der Waals surface area contributed by atoms with Crippen LogP contribution in [0.15, 0.2) is 0 Å². The van der Waals surface area contributed by atoms with Crippen molar-refractivity contribution in [1.29, 1.82) is 0 Å². The Morgan fingerprint density at radius 2 is 1.70 bits per heavy atom. The van der Waals surface area contributed by atoms with E-state index in [2.05, 4.69) is 0 Å². The number of amides is 1. The Hall–Kier alpha value is -0.780. The normalized spacial score (nSPS) is 24.7. The summed E-state index contributed by atoms with van der Waals surface area (Å²) in [5, 5.41) is 0. The molecule has 2 fully saturated rings. The summed E-state index contributed by atoms with van der Waals surface area (Å²) < 4.78 is 37.7. The first-order valence-corrected chi connectivity index (χ1v) is 7.44. The van der Waals surface area contributed by atoms with Gasteiger partial charge in [0.25, 0.3) is 0 Å². The molecule has 116 valence electrons. The Balaban J connectivity index is 1.83. The van der Waals surface area contributed by atoms with Crippen LogP contribution in [0.4, 0.5) is 13.2 Å². The number of nitrogens with zero attached hydrogens (tertiary/aromatic N) is 1. The second-order valence-corrected chi connectivity index (χ2v) is 6.30. The van der Waals surface area contributed by atoms with Gasteiger partial charge in [0.1, 0.15) is 0 Å². The Labute approximate surface area is 117 Å². The van der Waals surface area contributed by atoms with Gasteiger partial charge in [0, 0.05) is 25.0 Å². The third-order valence-corrected chi connectivity index (χ3v) is 4.66.